The maximum atomic E-state index is 11.9. The molecular formula is C18H22N6O2. The second-order valence-corrected chi connectivity index (χ2v) is 6.81. The van der Waals surface area contributed by atoms with E-state index in [1.165, 1.54) is 6.07 Å². The van der Waals surface area contributed by atoms with Crippen molar-refractivity contribution in [3.05, 3.63) is 40.4 Å². The van der Waals surface area contributed by atoms with E-state index in [4.69, 9.17) is 0 Å². The van der Waals surface area contributed by atoms with Crippen molar-refractivity contribution in [2.45, 2.75) is 25.8 Å². The number of amides is 2. The van der Waals surface area contributed by atoms with Gasteiger partial charge in [0.2, 0.25) is 0 Å². The van der Waals surface area contributed by atoms with Crippen LogP contribution in [0.4, 0.5) is 10.6 Å². The molecule has 2 saturated heterocycles. The van der Waals surface area contributed by atoms with Gasteiger partial charge in [-0.3, -0.25) is 4.79 Å². The Bertz CT molecular complexity index is 863. The van der Waals surface area contributed by atoms with Crippen molar-refractivity contribution >= 4 is 11.8 Å². The fraction of sp³-hybridized carbons (Fsp3) is 0.444. The van der Waals surface area contributed by atoms with Crippen LogP contribution >= 0.6 is 0 Å². The van der Waals surface area contributed by atoms with Crippen molar-refractivity contribution < 1.29 is 4.79 Å². The molecule has 0 aliphatic carbocycles. The molecule has 2 aromatic heterocycles. The number of pyridine rings is 1. The van der Waals surface area contributed by atoms with Gasteiger partial charge in [-0.15, -0.1) is 0 Å². The smallest absolute Gasteiger partial charge is 0.317 e. The molecule has 136 valence electrons. The number of aromatic amines is 1. The summed E-state index contributed by atoms with van der Waals surface area (Å²) in [5.74, 6) is 1.41. The number of urea groups is 1. The number of aryl methyl sites for hydroxylation is 1. The van der Waals surface area contributed by atoms with Gasteiger partial charge in [0.1, 0.15) is 11.6 Å². The topological polar surface area (TPSA) is 94.2 Å². The summed E-state index contributed by atoms with van der Waals surface area (Å²) in [6, 6.07) is 5.60. The molecule has 0 bridgehead atoms. The number of rotatable bonds is 3. The molecule has 2 fully saturated rings. The molecule has 2 aliphatic heterocycles. The minimum absolute atomic E-state index is 0.0367. The average Bonchev–Trinajstić information content (AvgIpc) is 3.07. The minimum Gasteiger partial charge on any atom is -0.355 e. The van der Waals surface area contributed by atoms with Crippen LogP contribution in [-0.4, -0.2) is 58.1 Å². The molecule has 8 nitrogen and oxygen atoms in total. The average molecular weight is 354 g/mol. The molecule has 1 atom stereocenters. The van der Waals surface area contributed by atoms with Gasteiger partial charge in [-0.2, -0.15) is 0 Å². The summed E-state index contributed by atoms with van der Waals surface area (Å²) >= 11 is 0. The Labute approximate surface area is 151 Å². The molecule has 26 heavy (non-hydrogen) atoms. The van der Waals surface area contributed by atoms with Crippen LogP contribution in [0.3, 0.4) is 0 Å². The zero-order valence-electron chi connectivity index (χ0n) is 14.7. The van der Waals surface area contributed by atoms with Gasteiger partial charge in [-0.1, -0.05) is 0 Å². The monoisotopic (exact) mass is 354 g/mol. The van der Waals surface area contributed by atoms with E-state index in [2.05, 4.69) is 25.2 Å². The SMILES string of the molecule is Cc1cc(=O)[nH]c(-c2ccc(N3CCCC(N4CCNC4=O)C3)nc2)n1. The van der Waals surface area contributed by atoms with Gasteiger partial charge in [-0.25, -0.2) is 14.8 Å². The molecule has 0 aromatic carbocycles. The van der Waals surface area contributed by atoms with Crippen LogP contribution in [0.15, 0.2) is 29.2 Å². The summed E-state index contributed by atoms with van der Waals surface area (Å²) in [7, 11) is 0. The second kappa shape index (κ2) is 6.78. The number of anilines is 1. The van der Waals surface area contributed by atoms with E-state index in [1.807, 2.05) is 17.0 Å². The van der Waals surface area contributed by atoms with Crippen LogP contribution in [0.1, 0.15) is 18.5 Å². The van der Waals surface area contributed by atoms with Crippen molar-refractivity contribution in [3.63, 3.8) is 0 Å². The summed E-state index contributed by atoms with van der Waals surface area (Å²) in [6.07, 6.45) is 3.79. The molecule has 0 radical (unpaired) electrons. The minimum atomic E-state index is -0.167. The quantitative estimate of drug-likeness (QED) is 0.862. The largest absolute Gasteiger partial charge is 0.355 e. The number of aromatic nitrogens is 3. The van der Waals surface area contributed by atoms with Crippen molar-refractivity contribution in [1.82, 2.24) is 25.2 Å². The fourth-order valence-electron chi connectivity index (χ4n) is 3.68. The second-order valence-electron chi connectivity index (χ2n) is 6.81. The molecule has 4 rings (SSSR count). The Morgan fingerprint density at radius 1 is 1.23 bits per heavy atom. The Morgan fingerprint density at radius 3 is 2.81 bits per heavy atom. The predicted molar refractivity (Wildman–Crippen MR) is 98.2 cm³/mol. The summed E-state index contributed by atoms with van der Waals surface area (Å²) in [5.41, 5.74) is 1.29. The van der Waals surface area contributed by atoms with Crippen molar-refractivity contribution in [3.8, 4) is 11.4 Å². The van der Waals surface area contributed by atoms with Crippen LogP contribution in [-0.2, 0) is 0 Å². The summed E-state index contributed by atoms with van der Waals surface area (Å²) in [6.45, 7) is 5.01. The number of nitrogens with zero attached hydrogens (tertiary/aromatic N) is 4. The van der Waals surface area contributed by atoms with Crippen molar-refractivity contribution in [2.24, 2.45) is 0 Å². The van der Waals surface area contributed by atoms with Gasteiger partial charge in [0, 0.05) is 49.7 Å². The molecule has 2 aliphatic rings. The lowest BCUT2D eigenvalue weighted by atomic mass is 10.0. The third kappa shape index (κ3) is 3.26. The van der Waals surface area contributed by atoms with Gasteiger partial charge < -0.3 is 20.1 Å². The van der Waals surface area contributed by atoms with E-state index in [0.29, 0.717) is 11.5 Å². The normalized spacial score (nSPS) is 20.3. The lowest BCUT2D eigenvalue weighted by Gasteiger charge is -2.37. The Kier molecular flexibility index (Phi) is 4.32. The highest BCUT2D eigenvalue weighted by Gasteiger charge is 2.31. The number of hydrogen-bond acceptors (Lipinski definition) is 5. The first-order chi connectivity index (χ1) is 12.6. The molecule has 0 saturated carbocycles. The molecular weight excluding hydrogens is 332 g/mol. The number of carbonyl (C=O) groups is 1. The van der Waals surface area contributed by atoms with Crippen LogP contribution in [0.5, 0.6) is 0 Å². The molecule has 1 unspecified atom stereocenters. The number of piperidine rings is 1. The van der Waals surface area contributed by atoms with E-state index in [0.717, 1.165) is 50.4 Å². The molecule has 2 aromatic rings. The van der Waals surface area contributed by atoms with Gasteiger partial charge in [0.25, 0.3) is 5.56 Å². The third-order valence-electron chi connectivity index (χ3n) is 4.94. The Balaban J connectivity index is 1.51. The number of carbonyl (C=O) groups excluding carboxylic acids is 1. The summed E-state index contributed by atoms with van der Waals surface area (Å²) < 4.78 is 0. The van der Waals surface area contributed by atoms with Gasteiger partial charge in [-0.05, 0) is 31.9 Å². The van der Waals surface area contributed by atoms with E-state index in [-0.39, 0.29) is 17.6 Å². The standard InChI is InChI=1S/C18H22N6O2/c1-12-9-16(25)22-17(21-12)13-4-5-15(20-10-13)23-7-2-3-14(11-23)24-8-6-19-18(24)26/h4-5,9-10,14H,2-3,6-8,11H2,1H3,(H,19,26)(H,21,22,25). The maximum Gasteiger partial charge on any atom is 0.317 e. The Hall–Kier alpha value is -2.90. The number of hydrogen-bond donors (Lipinski definition) is 2. The lowest BCUT2D eigenvalue weighted by molar-refractivity contribution is 0.189. The molecule has 2 amide bonds. The number of nitrogens with one attached hydrogen (secondary N) is 2. The zero-order valence-corrected chi connectivity index (χ0v) is 14.7. The van der Waals surface area contributed by atoms with Crippen LogP contribution in [0, 0.1) is 6.92 Å². The third-order valence-corrected chi connectivity index (χ3v) is 4.94. The van der Waals surface area contributed by atoms with Crippen LogP contribution < -0.4 is 15.8 Å². The van der Waals surface area contributed by atoms with Crippen molar-refractivity contribution in [2.75, 3.05) is 31.1 Å². The first kappa shape index (κ1) is 16.6. The highest BCUT2D eigenvalue weighted by molar-refractivity contribution is 5.76. The first-order valence-corrected chi connectivity index (χ1v) is 8.94. The van der Waals surface area contributed by atoms with Gasteiger partial charge >= 0.3 is 6.03 Å². The highest BCUT2D eigenvalue weighted by atomic mass is 16.2. The number of H-pyrrole nitrogens is 1. The zero-order chi connectivity index (χ0) is 18.1. The fourth-order valence-corrected chi connectivity index (χ4v) is 3.68. The molecule has 4 heterocycles. The van der Waals surface area contributed by atoms with E-state index in [1.54, 1.807) is 13.1 Å². The van der Waals surface area contributed by atoms with E-state index >= 15 is 0 Å². The van der Waals surface area contributed by atoms with Crippen LogP contribution in [0.25, 0.3) is 11.4 Å². The molecule has 8 heteroatoms. The molecule has 2 N–H and O–H groups in total. The highest BCUT2D eigenvalue weighted by Crippen LogP contribution is 2.23. The van der Waals surface area contributed by atoms with E-state index < -0.39 is 0 Å². The van der Waals surface area contributed by atoms with Gasteiger partial charge in [0.05, 0.1) is 6.04 Å². The first-order valence-electron chi connectivity index (χ1n) is 8.94. The lowest BCUT2D eigenvalue weighted by Crippen LogP contribution is -2.49. The Morgan fingerprint density at radius 2 is 2.12 bits per heavy atom. The van der Waals surface area contributed by atoms with Gasteiger partial charge in [0.15, 0.2) is 0 Å². The summed E-state index contributed by atoms with van der Waals surface area (Å²) in [4.78, 5) is 39.4. The maximum absolute atomic E-state index is 11.9. The van der Waals surface area contributed by atoms with Crippen molar-refractivity contribution in [1.29, 1.82) is 0 Å². The van der Waals surface area contributed by atoms with Crippen LogP contribution in [0.2, 0.25) is 0 Å². The van der Waals surface area contributed by atoms with E-state index in [9.17, 15) is 9.59 Å². The summed E-state index contributed by atoms with van der Waals surface area (Å²) in [5, 5.41) is 2.87. The molecule has 0 spiro atoms. The predicted octanol–water partition coefficient (Wildman–Crippen LogP) is 1.13.